The van der Waals surface area contributed by atoms with Gasteiger partial charge >= 0.3 is 0 Å². The molecule has 0 saturated carbocycles. The van der Waals surface area contributed by atoms with Crippen molar-refractivity contribution in [3.63, 3.8) is 0 Å². The molecular formula is C26H24N2O2. The Morgan fingerprint density at radius 1 is 0.733 bits per heavy atom. The van der Waals surface area contributed by atoms with Crippen LogP contribution in [0.25, 0.3) is 11.1 Å². The summed E-state index contributed by atoms with van der Waals surface area (Å²) in [4.78, 5) is 29.3. The third-order valence-electron chi connectivity index (χ3n) is 6.22. The minimum Gasteiger partial charge on any atom is -0.313 e. The molecule has 0 fully saturated rings. The van der Waals surface area contributed by atoms with E-state index in [2.05, 4.69) is 18.2 Å². The molecule has 30 heavy (non-hydrogen) atoms. The van der Waals surface area contributed by atoms with Crippen molar-refractivity contribution in [3.05, 3.63) is 77.9 Å². The number of rotatable bonds is 2. The van der Waals surface area contributed by atoms with E-state index in [1.54, 1.807) is 16.8 Å². The van der Waals surface area contributed by atoms with Crippen molar-refractivity contribution in [3.8, 4) is 11.1 Å². The van der Waals surface area contributed by atoms with Crippen LogP contribution < -0.4 is 9.80 Å². The van der Waals surface area contributed by atoms with Gasteiger partial charge in [0.05, 0.1) is 11.4 Å². The minimum atomic E-state index is -0.186. The van der Waals surface area contributed by atoms with Crippen LogP contribution in [0.3, 0.4) is 0 Å². The molecule has 0 N–H and O–H groups in total. The first-order valence-electron chi connectivity index (χ1n) is 10.5. The number of nitrogens with zero attached hydrogens (tertiary/aromatic N) is 2. The summed E-state index contributed by atoms with van der Waals surface area (Å²) in [5, 5.41) is 0. The monoisotopic (exact) mass is 396 g/mol. The Hall–Kier alpha value is -3.40. The number of amides is 2. The van der Waals surface area contributed by atoms with Gasteiger partial charge in [-0.25, -0.2) is 0 Å². The summed E-state index contributed by atoms with van der Waals surface area (Å²) in [5.41, 5.74) is 7.25. The number of benzene rings is 3. The molecule has 1 aliphatic heterocycles. The fourth-order valence-electron chi connectivity index (χ4n) is 4.65. The van der Waals surface area contributed by atoms with Crippen molar-refractivity contribution < 1.29 is 9.59 Å². The van der Waals surface area contributed by atoms with Gasteiger partial charge in [0.25, 0.3) is 0 Å². The van der Waals surface area contributed by atoms with Gasteiger partial charge in [-0.15, -0.1) is 0 Å². The molecule has 1 aliphatic carbocycles. The number of fused-ring (bicyclic) bond motifs is 3. The zero-order valence-corrected chi connectivity index (χ0v) is 17.1. The zero-order valence-electron chi connectivity index (χ0n) is 17.1. The number of anilines is 3. The smallest absolute Gasteiger partial charge is 0.241 e. The summed E-state index contributed by atoms with van der Waals surface area (Å²) < 4.78 is 0. The third kappa shape index (κ3) is 3.09. The molecular weight excluding hydrogens is 372 g/mol. The first-order chi connectivity index (χ1) is 14.6. The van der Waals surface area contributed by atoms with E-state index in [0.29, 0.717) is 0 Å². The third-order valence-corrected chi connectivity index (χ3v) is 6.22. The quantitative estimate of drug-likeness (QED) is 0.554. The van der Waals surface area contributed by atoms with E-state index >= 15 is 0 Å². The average molecular weight is 396 g/mol. The Morgan fingerprint density at radius 2 is 1.43 bits per heavy atom. The van der Waals surface area contributed by atoms with Gasteiger partial charge in [0.1, 0.15) is 6.42 Å². The van der Waals surface area contributed by atoms with E-state index in [1.165, 1.54) is 17.5 Å². The van der Waals surface area contributed by atoms with Crippen molar-refractivity contribution in [2.45, 2.75) is 32.1 Å². The second-order valence-corrected chi connectivity index (χ2v) is 8.05. The Labute approximate surface area is 176 Å². The zero-order chi connectivity index (χ0) is 20.7. The lowest BCUT2D eigenvalue weighted by Crippen LogP contribution is -2.29. The maximum Gasteiger partial charge on any atom is 0.241 e. The fraction of sp³-hybridized carbons (Fsp3) is 0.231. The highest BCUT2D eigenvalue weighted by atomic mass is 16.2. The van der Waals surface area contributed by atoms with Gasteiger partial charge in [0.2, 0.25) is 11.8 Å². The van der Waals surface area contributed by atoms with Crippen LogP contribution in [0.5, 0.6) is 0 Å². The molecule has 0 radical (unpaired) electrons. The highest BCUT2D eigenvalue weighted by molar-refractivity contribution is 6.18. The van der Waals surface area contributed by atoms with E-state index in [9.17, 15) is 9.59 Å². The Bertz CT molecular complexity index is 1120. The summed E-state index contributed by atoms with van der Waals surface area (Å²) in [6.07, 6.45) is 4.15. The van der Waals surface area contributed by atoms with Crippen LogP contribution in [0.4, 0.5) is 17.1 Å². The van der Waals surface area contributed by atoms with Crippen molar-refractivity contribution in [2.75, 3.05) is 16.8 Å². The summed E-state index contributed by atoms with van der Waals surface area (Å²) in [7, 11) is 1.80. The van der Waals surface area contributed by atoms with Crippen LogP contribution in [-0.2, 0) is 22.4 Å². The van der Waals surface area contributed by atoms with Crippen molar-refractivity contribution in [1.29, 1.82) is 0 Å². The Morgan fingerprint density at radius 3 is 2.20 bits per heavy atom. The number of hydrogen-bond donors (Lipinski definition) is 0. The molecule has 2 amide bonds. The van der Waals surface area contributed by atoms with Gasteiger partial charge in [0, 0.05) is 12.7 Å². The lowest BCUT2D eigenvalue weighted by atomic mass is 9.89. The van der Waals surface area contributed by atoms with Crippen LogP contribution in [0, 0.1) is 0 Å². The van der Waals surface area contributed by atoms with Gasteiger partial charge < -0.3 is 4.90 Å². The maximum atomic E-state index is 13.1. The van der Waals surface area contributed by atoms with Crippen LogP contribution >= 0.6 is 0 Å². The second kappa shape index (κ2) is 7.45. The average Bonchev–Trinajstić information content (AvgIpc) is 2.88. The van der Waals surface area contributed by atoms with Gasteiger partial charge in [-0.1, -0.05) is 48.5 Å². The Balaban J connectivity index is 1.62. The molecule has 0 spiro atoms. The predicted octanol–water partition coefficient (Wildman–Crippen LogP) is 5.26. The van der Waals surface area contributed by atoms with Crippen LogP contribution in [0.1, 0.15) is 30.4 Å². The molecule has 3 aromatic rings. The minimum absolute atomic E-state index is 0.125. The maximum absolute atomic E-state index is 13.1. The van der Waals surface area contributed by atoms with Crippen LogP contribution in [0.2, 0.25) is 0 Å². The van der Waals surface area contributed by atoms with E-state index in [4.69, 9.17) is 0 Å². The van der Waals surface area contributed by atoms with Crippen molar-refractivity contribution >= 4 is 28.9 Å². The standard InChI is InChI=1S/C26H24N2O2/c1-27-24(29)17-25(30)28(23-16-13-20-9-5-6-10-22(20)26(23)27)21-14-11-19(12-15-21)18-7-3-2-4-8-18/h2-4,7-8,11-16H,5-6,9-10,17H2,1H3. The van der Waals surface area contributed by atoms with Gasteiger partial charge in [-0.05, 0) is 66.1 Å². The molecule has 3 aromatic carbocycles. The van der Waals surface area contributed by atoms with E-state index in [1.807, 2.05) is 48.5 Å². The van der Waals surface area contributed by atoms with E-state index < -0.39 is 0 Å². The Kier molecular flexibility index (Phi) is 4.62. The molecule has 150 valence electrons. The number of hydrogen-bond acceptors (Lipinski definition) is 2. The summed E-state index contributed by atoms with van der Waals surface area (Å²) in [6, 6.07) is 22.3. The van der Waals surface area contributed by atoms with Crippen molar-refractivity contribution in [1.82, 2.24) is 0 Å². The first-order valence-corrected chi connectivity index (χ1v) is 10.5. The normalized spacial score (nSPS) is 16.2. The topological polar surface area (TPSA) is 40.6 Å². The molecule has 0 saturated heterocycles. The van der Waals surface area contributed by atoms with Crippen molar-refractivity contribution in [2.24, 2.45) is 0 Å². The highest BCUT2D eigenvalue weighted by Crippen LogP contribution is 2.43. The molecule has 0 atom stereocenters. The summed E-state index contributed by atoms with van der Waals surface area (Å²) in [6.45, 7) is 0. The van der Waals surface area contributed by atoms with Gasteiger partial charge in [0.15, 0.2) is 0 Å². The fourth-order valence-corrected chi connectivity index (χ4v) is 4.65. The summed E-state index contributed by atoms with van der Waals surface area (Å²) >= 11 is 0. The largest absolute Gasteiger partial charge is 0.313 e. The highest BCUT2D eigenvalue weighted by Gasteiger charge is 2.33. The number of carbonyl (C=O) groups excluding carboxylic acids is 2. The lowest BCUT2D eigenvalue weighted by Gasteiger charge is -2.29. The number of carbonyl (C=O) groups is 2. The molecule has 2 aliphatic rings. The molecule has 0 unspecified atom stereocenters. The van der Waals surface area contributed by atoms with Crippen LogP contribution in [-0.4, -0.2) is 18.9 Å². The summed E-state index contributed by atoms with van der Waals surface area (Å²) in [5.74, 6) is -0.336. The molecule has 5 rings (SSSR count). The molecule has 1 heterocycles. The SMILES string of the molecule is CN1C(=O)CC(=O)N(c2ccc(-c3ccccc3)cc2)c2ccc3c(c21)CCCC3. The van der Waals surface area contributed by atoms with Gasteiger partial charge in [-0.3, -0.25) is 14.5 Å². The van der Waals surface area contributed by atoms with Gasteiger partial charge in [-0.2, -0.15) is 0 Å². The second-order valence-electron chi connectivity index (χ2n) is 8.05. The first kappa shape index (κ1) is 18.6. The predicted molar refractivity (Wildman–Crippen MR) is 120 cm³/mol. The molecule has 4 nitrogen and oxygen atoms in total. The van der Waals surface area contributed by atoms with Crippen LogP contribution in [0.15, 0.2) is 66.7 Å². The van der Waals surface area contributed by atoms with E-state index in [0.717, 1.165) is 47.5 Å². The molecule has 0 aromatic heterocycles. The molecule has 4 heteroatoms. The van der Waals surface area contributed by atoms with E-state index in [-0.39, 0.29) is 18.2 Å². The number of aryl methyl sites for hydroxylation is 1. The lowest BCUT2D eigenvalue weighted by molar-refractivity contribution is -0.125. The molecule has 0 bridgehead atoms.